The molecular weight excluding hydrogens is 266 g/mol. The molecule has 1 aromatic rings. The highest BCUT2D eigenvalue weighted by Crippen LogP contribution is 2.16. The minimum Gasteiger partial charge on any atom is -0.388 e. The molecule has 7 heteroatoms. The van der Waals surface area contributed by atoms with Crippen molar-refractivity contribution < 1.29 is 5.11 Å². The average molecular weight is 288 g/mol. The largest absolute Gasteiger partial charge is 0.388 e. The van der Waals surface area contributed by atoms with Crippen molar-refractivity contribution in [3.63, 3.8) is 0 Å². The van der Waals surface area contributed by atoms with Gasteiger partial charge < -0.3 is 15.7 Å². The van der Waals surface area contributed by atoms with Crippen LogP contribution in [0.4, 0.5) is 11.9 Å². The van der Waals surface area contributed by atoms with Crippen LogP contribution in [0.2, 0.25) is 5.28 Å². The smallest absolute Gasteiger partial charge is 0.228 e. The Balaban J connectivity index is 2.70. The Morgan fingerprint density at radius 3 is 2.16 bits per heavy atom. The highest BCUT2D eigenvalue weighted by atomic mass is 35.5. The molecule has 0 atom stereocenters. The molecule has 0 aromatic carbocycles. The number of nitrogens with one attached hydrogen (secondary N) is 2. The van der Waals surface area contributed by atoms with E-state index in [4.69, 9.17) is 11.6 Å². The van der Waals surface area contributed by atoms with Crippen molar-refractivity contribution in [2.24, 2.45) is 0 Å². The highest BCUT2D eigenvalue weighted by molar-refractivity contribution is 6.28. The van der Waals surface area contributed by atoms with Gasteiger partial charge in [-0.05, 0) is 30.9 Å². The summed E-state index contributed by atoms with van der Waals surface area (Å²) in [5.74, 6) is 0.819. The number of rotatable bonds is 8. The molecule has 0 bridgehead atoms. The second kappa shape index (κ2) is 7.45. The standard InChI is InChI=1S/C12H22ClN5O/c1-4-7-14-10-16-9(13)17-11(18-10)15-8-12(19,5-2)6-3/h19H,4-8H2,1-3H3,(H2,14,15,16,17,18). The fourth-order valence-electron chi connectivity index (χ4n) is 1.49. The molecule has 0 saturated carbocycles. The van der Waals surface area contributed by atoms with Crippen LogP contribution in [0.1, 0.15) is 40.0 Å². The molecule has 3 N–H and O–H groups in total. The molecule has 0 aliphatic rings. The molecule has 19 heavy (non-hydrogen) atoms. The van der Waals surface area contributed by atoms with Crippen molar-refractivity contribution in [3.05, 3.63) is 5.28 Å². The summed E-state index contributed by atoms with van der Waals surface area (Å²) in [6, 6.07) is 0. The van der Waals surface area contributed by atoms with E-state index in [1.54, 1.807) is 0 Å². The van der Waals surface area contributed by atoms with E-state index in [9.17, 15) is 5.11 Å². The van der Waals surface area contributed by atoms with Crippen molar-refractivity contribution >= 4 is 23.5 Å². The summed E-state index contributed by atoms with van der Waals surface area (Å²) in [5, 5.41) is 16.4. The molecule has 1 rings (SSSR count). The molecule has 0 amide bonds. The first-order valence-corrected chi connectivity index (χ1v) is 7.02. The van der Waals surface area contributed by atoms with Gasteiger partial charge >= 0.3 is 0 Å². The van der Waals surface area contributed by atoms with Crippen LogP contribution in [0.5, 0.6) is 0 Å². The Morgan fingerprint density at radius 2 is 1.63 bits per heavy atom. The number of aromatic nitrogens is 3. The van der Waals surface area contributed by atoms with Gasteiger partial charge in [-0.1, -0.05) is 20.8 Å². The molecule has 1 heterocycles. The van der Waals surface area contributed by atoms with Crippen LogP contribution in [-0.2, 0) is 0 Å². The fourth-order valence-corrected chi connectivity index (χ4v) is 1.65. The van der Waals surface area contributed by atoms with Gasteiger partial charge in [-0.25, -0.2) is 0 Å². The normalized spacial score (nSPS) is 11.4. The van der Waals surface area contributed by atoms with Crippen LogP contribution in [0.25, 0.3) is 0 Å². The zero-order valence-corrected chi connectivity index (χ0v) is 12.5. The van der Waals surface area contributed by atoms with Crippen LogP contribution < -0.4 is 10.6 Å². The van der Waals surface area contributed by atoms with Crippen molar-refractivity contribution in [2.45, 2.75) is 45.6 Å². The highest BCUT2D eigenvalue weighted by Gasteiger charge is 2.22. The predicted octanol–water partition coefficient (Wildman–Crippen LogP) is 2.31. The van der Waals surface area contributed by atoms with E-state index < -0.39 is 5.60 Å². The Hall–Kier alpha value is -1.14. The third kappa shape index (κ3) is 5.16. The van der Waals surface area contributed by atoms with Gasteiger partial charge in [0.2, 0.25) is 17.2 Å². The molecule has 1 aromatic heterocycles. The molecule has 0 spiro atoms. The first-order chi connectivity index (χ1) is 9.03. The first-order valence-electron chi connectivity index (χ1n) is 6.64. The van der Waals surface area contributed by atoms with Gasteiger partial charge in [0.05, 0.1) is 5.60 Å². The Morgan fingerprint density at radius 1 is 1.05 bits per heavy atom. The average Bonchev–Trinajstić information content (AvgIpc) is 2.42. The quantitative estimate of drug-likeness (QED) is 0.680. The maximum atomic E-state index is 10.2. The number of halogens is 1. The summed E-state index contributed by atoms with van der Waals surface area (Å²) >= 11 is 5.84. The van der Waals surface area contributed by atoms with Crippen molar-refractivity contribution in [1.82, 2.24) is 15.0 Å². The molecule has 0 unspecified atom stereocenters. The fraction of sp³-hybridized carbons (Fsp3) is 0.750. The van der Waals surface area contributed by atoms with E-state index in [0.717, 1.165) is 13.0 Å². The SMILES string of the molecule is CCCNc1nc(Cl)nc(NCC(O)(CC)CC)n1. The van der Waals surface area contributed by atoms with Crippen LogP contribution >= 0.6 is 11.6 Å². The second-order valence-electron chi connectivity index (χ2n) is 4.46. The lowest BCUT2D eigenvalue weighted by Crippen LogP contribution is -2.35. The van der Waals surface area contributed by atoms with Gasteiger partial charge in [0.1, 0.15) is 0 Å². The Bertz CT molecular complexity index is 398. The topological polar surface area (TPSA) is 83.0 Å². The number of aliphatic hydroxyl groups is 1. The van der Waals surface area contributed by atoms with E-state index in [2.05, 4.69) is 32.5 Å². The number of hydrogen-bond donors (Lipinski definition) is 3. The molecule has 0 saturated heterocycles. The molecule has 0 aliphatic carbocycles. The zero-order chi connectivity index (χ0) is 14.3. The third-order valence-corrected chi connectivity index (χ3v) is 3.20. The van der Waals surface area contributed by atoms with Gasteiger partial charge in [0.25, 0.3) is 0 Å². The lowest BCUT2D eigenvalue weighted by molar-refractivity contribution is 0.0455. The first kappa shape index (κ1) is 15.9. The Kier molecular flexibility index (Phi) is 6.24. The molecular formula is C12H22ClN5O. The second-order valence-corrected chi connectivity index (χ2v) is 4.80. The lowest BCUT2D eigenvalue weighted by Gasteiger charge is -2.25. The number of anilines is 2. The summed E-state index contributed by atoms with van der Waals surface area (Å²) < 4.78 is 0. The van der Waals surface area contributed by atoms with E-state index in [0.29, 0.717) is 31.3 Å². The van der Waals surface area contributed by atoms with Crippen molar-refractivity contribution in [2.75, 3.05) is 23.7 Å². The van der Waals surface area contributed by atoms with Crippen molar-refractivity contribution in [1.29, 1.82) is 0 Å². The van der Waals surface area contributed by atoms with E-state index >= 15 is 0 Å². The summed E-state index contributed by atoms with van der Waals surface area (Å²) in [4.78, 5) is 12.2. The summed E-state index contributed by atoms with van der Waals surface area (Å²) in [5.41, 5.74) is -0.754. The zero-order valence-electron chi connectivity index (χ0n) is 11.7. The molecule has 0 radical (unpaired) electrons. The van der Waals surface area contributed by atoms with Crippen LogP contribution in [0, 0.1) is 0 Å². The van der Waals surface area contributed by atoms with E-state index in [1.807, 2.05) is 13.8 Å². The monoisotopic (exact) mass is 287 g/mol. The van der Waals surface area contributed by atoms with Gasteiger partial charge in [-0.3, -0.25) is 0 Å². The minimum absolute atomic E-state index is 0.132. The van der Waals surface area contributed by atoms with Crippen LogP contribution in [0.15, 0.2) is 0 Å². The molecule has 0 fully saturated rings. The van der Waals surface area contributed by atoms with Gasteiger partial charge in [-0.2, -0.15) is 15.0 Å². The number of hydrogen-bond acceptors (Lipinski definition) is 6. The number of nitrogens with zero attached hydrogens (tertiary/aromatic N) is 3. The maximum absolute atomic E-state index is 10.2. The Labute approximate surface area is 119 Å². The lowest BCUT2D eigenvalue weighted by atomic mass is 9.98. The minimum atomic E-state index is -0.754. The summed E-state index contributed by atoms with van der Waals surface area (Å²) in [6.45, 7) is 7.10. The van der Waals surface area contributed by atoms with E-state index in [-0.39, 0.29) is 5.28 Å². The van der Waals surface area contributed by atoms with Gasteiger partial charge in [0.15, 0.2) is 0 Å². The molecule has 0 aliphatic heterocycles. The molecule has 108 valence electrons. The van der Waals surface area contributed by atoms with E-state index in [1.165, 1.54) is 0 Å². The van der Waals surface area contributed by atoms with Crippen molar-refractivity contribution in [3.8, 4) is 0 Å². The summed E-state index contributed by atoms with van der Waals surface area (Å²) in [6.07, 6.45) is 2.30. The predicted molar refractivity (Wildman–Crippen MR) is 77.6 cm³/mol. The van der Waals surface area contributed by atoms with Gasteiger partial charge in [0, 0.05) is 13.1 Å². The van der Waals surface area contributed by atoms with Gasteiger partial charge in [-0.15, -0.1) is 0 Å². The van der Waals surface area contributed by atoms with Crippen LogP contribution in [-0.4, -0.2) is 38.7 Å². The van der Waals surface area contributed by atoms with Crippen LogP contribution in [0.3, 0.4) is 0 Å². The third-order valence-electron chi connectivity index (χ3n) is 3.03. The molecule has 6 nitrogen and oxygen atoms in total. The maximum Gasteiger partial charge on any atom is 0.228 e. The summed E-state index contributed by atoms with van der Waals surface area (Å²) in [7, 11) is 0.